The number of amides is 1. The molecule has 4 rings (SSSR count). The standard InChI is InChI=1S/C22H29N5O4S/c1-32(30,31)26-12-10-24(11-13-26)22(29)19-8-5-9-25(17-19)20-14-21(28)27(23-15-20)16-18-6-3-2-4-7-18/h2-4,6-7,14-15,19H,5,8-13,16-17H2,1H3. The van der Waals surface area contributed by atoms with Crippen LogP contribution in [0.4, 0.5) is 5.69 Å². The number of aromatic nitrogens is 2. The van der Waals surface area contributed by atoms with Gasteiger partial charge in [-0.2, -0.15) is 9.40 Å². The highest BCUT2D eigenvalue weighted by Gasteiger charge is 2.32. The Morgan fingerprint density at radius 3 is 2.47 bits per heavy atom. The van der Waals surface area contributed by atoms with Crippen LogP contribution in [-0.2, 0) is 21.4 Å². The first kappa shape index (κ1) is 22.5. The third kappa shape index (κ3) is 5.18. The minimum absolute atomic E-state index is 0.0632. The fourth-order valence-corrected chi connectivity index (χ4v) is 5.21. The molecule has 1 amide bonds. The maximum atomic E-state index is 13.1. The number of carbonyl (C=O) groups is 1. The number of hydrogen-bond acceptors (Lipinski definition) is 6. The van der Waals surface area contributed by atoms with Gasteiger partial charge in [-0.25, -0.2) is 13.1 Å². The van der Waals surface area contributed by atoms with E-state index in [4.69, 9.17) is 0 Å². The summed E-state index contributed by atoms with van der Waals surface area (Å²) in [5.74, 6) is -0.103. The summed E-state index contributed by atoms with van der Waals surface area (Å²) in [6.07, 6.45) is 4.54. The number of piperidine rings is 1. The van der Waals surface area contributed by atoms with E-state index >= 15 is 0 Å². The van der Waals surface area contributed by atoms with E-state index in [1.807, 2.05) is 30.3 Å². The van der Waals surface area contributed by atoms with Gasteiger partial charge >= 0.3 is 0 Å². The SMILES string of the molecule is CS(=O)(=O)N1CCN(C(=O)C2CCCN(c3cnn(Cc4ccccc4)c(=O)c3)C2)CC1. The van der Waals surface area contributed by atoms with Gasteiger partial charge in [0.1, 0.15) is 0 Å². The molecule has 2 fully saturated rings. The molecule has 0 radical (unpaired) electrons. The Balaban J connectivity index is 1.39. The molecule has 1 atom stereocenters. The van der Waals surface area contributed by atoms with Gasteiger partial charge in [0.15, 0.2) is 0 Å². The summed E-state index contributed by atoms with van der Waals surface area (Å²) in [5.41, 5.74) is 1.57. The van der Waals surface area contributed by atoms with Gasteiger partial charge in [0.05, 0.1) is 30.6 Å². The zero-order valence-corrected chi connectivity index (χ0v) is 19.1. The molecule has 2 aliphatic heterocycles. The zero-order valence-electron chi connectivity index (χ0n) is 18.3. The number of rotatable bonds is 5. The molecule has 1 aromatic heterocycles. The van der Waals surface area contributed by atoms with Crippen LogP contribution in [-0.4, -0.2) is 78.8 Å². The average molecular weight is 460 g/mol. The van der Waals surface area contributed by atoms with E-state index in [1.54, 1.807) is 17.2 Å². The third-order valence-electron chi connectivity index (χ3n) is 6.19. The first-order chi connectivity index (χ1) is 15.3. The lowest BCUT2D eigenvalue weighted by Crippen LogP contribution is -2.53. The van der Waals surface area contributed by atoms with Crippen LogP contribution < -0.4 is 10.5 Å². The Morgan fingerprint density at radius 1 is 1.09 bits per heavy atom. The quantitative estimate of drug-likeness (QED) is 0.650. The minimum Gasteiger partial charge on any atom is -0.369 e. The molecule has 0 saturated carbocycles. The van der Waals surface area contributed by atoms with Crippen molar-refractivity contribution < 1.29 is 13.2 Å². The van der Waals surface area contributed by atoms with E-state index < -0.39 is 10.0 Å². The van der Waals surface area contributed by atoms with Gasteiger partial charge < -0.3 is 9.80 Å². The molecule has 0 bridgehead atoms. The summed E-state index contributed by atoms with van der Waals surface area (Å²) in [6, 6.07) is 11.3. The second-order valence-electron chi connectivity index (χ2n) is 8.47. The van der Waals surface area contributed by atoms with Crippen molar-refractivity contribution in [3.8, 4) is 0 Å². The molecule has 0 spiro atoms. The fraction of sp³-hybridized carbons (Fsp3) is 0.500. The van der Waals surface area contributed by atoms with Crippen molar-refractivity contribution in [2.24, 2.45) is 5.92 Å². The molecule has 2 saturated heterocycles. The van der Waals surface area contributed by atoms with E-state index in [-0.39, 0.29) is 17.4 Å². The lowest BCUT2D eigenvalue weighted by atomic mass is 9.96. The van der Waals surface area contributed by atoms with Crippen LogP contribution in [0.3, 0.4) is 0 Å². The maximum Gasteiger partial charge on any atom is 0.269 e. The second-order valence-corrected chi connectivity index (χ2v) is 10.5. The molecular weight excluding hydrogens is 430 g/mol. The number of piperazine rings is 1. The third-order valence-corrected chi connectivity index (χ3v) is 7.49. The van der Waals surface area contributed by atoms with Crippen LogP contribution in [0.1, 0.15) is 18.4 Å². The van der Waals surface area contributed by atoms with Crippen molar-refractivity contribution in [1.82, 2.24) is 19.0 Å². The van der Waals surface area contributed by atoms with Gasteiger partial charge in [-0.1, -0.05) is 30.3 Å². The number of benzene rings is 1. The largest absolute Gasteiger partial charge is 0.369 e. The highest BCUT2D eigenvalue weighted by Crippen LogP contribution is 2.24. The van der Waals surface area contributed by atoms with Gasteiger partial charge in [0.2, 0.25) is 15.9 Å². The van der Waals surface area contributed by atoms with Crippen LogP contribution >= 0.6 is 0 Å². The average Bonchev–Trinajstić information content (AvgIpc) is 2.80. The van der Waals surface area contributed by atoms with E-state index in [1.165, 1.54) is 15.2 Å². The predicted octanol–water partition coefficient (Wildman–Crippen LogP) is 0.612. The lowest BCUT2D eigenvalue weighted by molar-refractivity contribution is -0.137. The Kier molecular flexibility index (Phi) is 6.61. The van der Waals surface area contributed by atoms with Crippen LogP contribution in [0, 0.1) is 5.92 Å². The Labute approximate surface area is 188 Å². The molecule has 1 aromatic carbocycles. The van der Waals surface area contributed by atoms with Gasteiger partial charge in [0, 0.05) is 45.3 Å². The number of anilines is 1. The highest BCUT2D eigenvalue weighted by atomic mass is 32.2. The first-order valence-corrected chi connectivity index (χ1v) is 12.8. The molecular formula is C22H29N5O4S. The topological polar surface area (TPSA) is 95.8 Å². The van der Waals surface area contributed by atoms with Crippen molar-refractivity contribution in [1.29, 1.82) is 0 Å². The Morgan fingerprint density at radius 2 is 1.81 bits per heavy atom. The predicted molar refractivity (Wildman–Crippen MR) is 122 cm³/mol. The number of carbonyl (C=O) groups excluding carboxylic acids is 1. The van der Waals surface area contributed by atoms with Crippen LogP contribution in [0.5, 0.6) is 0 Å². The van der Waals surface area contributed by atoms with Gasteiger partial charge in [-0.3, -0.25) is 9.59 Å². The summed E-state index contributed by atoms with van der Waals surface area (Å²) >= 11 is 0. The molecule has 9 nitrogen and oxygen atoms in total. The number of sulfonamides is 1. The monoisotopic (exact) mass is 459 g/mol. The van der Waals surface area contributed by atoms with Gasteiger partial charge in [-0.15, -0.1) is 0 Å². The second kappa shape index (κ2) is 9.41. The van der Waals surface area contributed by atoms with E-state index in [9.17, 15) is 18.0 Å². The molecule has 1 unspecified atom stereocenters. The van der Waals surface area contributed by atoms with E-state index in [0.717, 1.165) is 30.6 Å². The van der Waals surface area contributed by atoms with Gasteiger partial charge in [-0.05, 0) is 18.4 Å². The summed E-state index contributed by atoms with van der Waals surface area (Å²) in [7, 11) is -3.22. The fourth-order valence-electron chi connectivity index (χ4n) is 4.38. The molecule has 3 heterocycles. The highest BCUT2D eigenvalue weighted by molar-refractivity contribution is 7.88. The smallest absolute Gasteiger partial charge is 0.269 e. The number of hydrogen-bond donors (Lipinski definition) is 0. The van der Waals surface area contributed by atoms with Crippen molar-refractivity contribution in [3.63, 3.8) is 0 Å². The number of nitrogens with zero attached hydrogens (tertiary/aromatic N) is 5. The van der Waals surface area contributed by atoms with Crippen LogP contribution in [0.2, 0.25) is 0 Å². The molecule has 32 heavy (non-hydrogen) atoms. The summed E-state index contributed by atoms with van der Waals surface area (Å²) < 4.78 is 26.3. The molecule has 172 valence electrons. The molecule has 2 aromatic rings. The van der Waals surface area contributed by atoms with Crippen molar-refractivity contribution in [3.05, 3.63) is 58.5 Å². The maximum absolute atomic E-state index is 13.1. The van der Waals surface area contributed by atoms with E-state index in [0.29, 0.717) is 39.3 Å². The zero-order chi connectivity index (χ0) is 22.7. The Hall–Kier alpha value is -2.72. The van der Waals surface area contributed by atoms with Crippen LogP contribution in [0.25, 0.3) is 0 Å². The molecule has 10 heteroatoms. The van der Waals surface area contributed by atoms with Gasteiger partial charge in [0.25, 0.3) is 5.56 Å². The van der Waals surface area contributed by atoms with Crippen molar-refractivity contribution in [2.45, 2.75) is 19.4 Å². The molecule has 2 aliphatic rings. The van der Waals surface area contributed by atoms with Crippen molar-refractivity contribution >= 4 is 21.6 Å². The minimum atomic E-state index is -3.22. The normalized spacial score (nSPS) is 20.3. The van der Waals surface area contributed by atoms with E-state index in [2.05, 4.69) is 10.00 Å². The summed E-state index contributed by atoms with van der Waals surface area (Å²) in [4.78, 5) is 29.5. The lowest BCUT2D eigenvalue weighted by Gasteiger charge is -2.38. The summed E-state index contributed by atoms with van der Waals surface area (Å²) in [6.45, 7) is 3.24. The van der Waals surface area contributed by atoms with Crippen molar-refractivity contribution in [2.75, 3.05) is 50.4 Å². The Bertz CT molecular complexity index is 1110. The van der Waals surface area contributed by atoms with Crippen LogP contribution in [0.15, 0.2) is 47.4 Å². The first-order valence-electron chi connectivity index (χ1n) is 10.9. The molecule has 0 aliphatic carbocycles. The summed E-state index contributed by atoms with van der Waals surface area (Å²) in [5, 5.41) is 4.34. The molecule has 0 N–H and O–H groups in total.